The number of thioether (sulfide) groups is 1. The normalized spacial score (nSPS) is 10.9. The van der Waals surface area contributed by atoms with Crippen LogP contribution in [0, 0.1) is 6.92 Å². The monoisotopic (exact) mass is 438 g/mol. The standard InChI is InChI=1S/C21H19ClN6OS/c1-14-6-8-15(9-7-14)20-25-21(27-26-20)30-13-19(29)24-18-10-11-23-28(18)12-16-4-2-3-5-17(16)22/h2-11H,12-13H2,1H3,(H,24,29)(H,25,26,27). The van der Waals surface area contributed by atoms with Crippen molar-refractivity contribution in [3.05, 3.63) is 76.9 Å². The van der Waals surface area contributed by atoms with Crippen molar-refractivity contribution in [3.8, 4) is 11.4 Å². The Bertz CT molecular complexity index is 1150. The van der Waals surface area contributed by atoms with E-state index in [1.807, 2.05) is 55.5 Å². The van der Waals surface area contributed by atoms with E-state index < -0.39 is 0 Å². The first kappa shape index (κ1) is 20.2. The van der Waals surface area contributed by atoms with Crippen LogP contribution in [-0.2, 0) is 11.3 Å². The van der Waals surface area contributed by atoms with Gasteiger partial charge in [0.15, 0.2) is 5.82 Å². The van der Waals surface area contributed by atoms with Crippen LogP contribution in [0.15, 0.2) is 66.0 Å². The average molecular weight is 439 g/mol. The maximum Gasteiger partial charge on any atom is 0.235 e. The Labute approximate surface area is 182 Å². The number of rotatable bonds is 7. The van der Waals surface area contributed by atoms with Gasteiger partial charge in [0, 0.05) is 16.7 Å². The molecule has 7 nitrogen and oxygen atoms in total. The summed E-state index contributed by atoms with van der Waals surface area (Å²) in [6.07, 6.45) is 1.64. The fourth-order valence-electron chi connectivity index (χ4n) is 2.81. The topological polar surface area (TPSA) is 88.5 Å². The number of amides is 1. The van der Waals surface area contributed by atoms with E-state index in [-0.39, 0.29) is 11.7 Å². The molecule has 0 bridgehead atoms. The Morgan fingerprint density at radius 3 is 2.77 bits per heavy atom. The molecular weight excluding hydrogens is 420 g/mol. The summed E-state index contributed by atoms with van der Waals surface area (Å²) in [6.45, 7) is 2.50. The van der Waals surface area contributed by atoms with Gasteiger partial charge in [-0.15, -0.1) is 5.10 Å². The SMILES string of the molecule is Cc1ccc(-c2nc(SCC(=O)Nc3ccnn3Cc3ccccc3Cl)n[nH]2)cc1. The number of aryl methyl sites for hydroxylation is 1. The van der Waals surface area contributed by atoms with E-state index in [4.69, 9.17) is 11.6 Å². The number of carbonyl (C=O) groups is 1. The highest BCUT2D eigenvalue weighted by Gasteiger charge is 2.12. The summed E-state index contributed by atoms with van der Waals surface area (Å²) in [7, 11) is 0. The van der Waals surface area contributed by atoms with Crippen molar-refractivity contribution in [3.63, 3.8) is 0 Å². The van der Waals surface area contributed by atoms with E-state index >= 15 is 0 Å². The minimum Gasteiger partial charge on any atom is -0.310 e. The van der Waals surface area contributed by atoms with Gasteiger partial charge in [0.1, 0.15) is 5.82 Å². The van der Waals surface area contributed by atoms with Crippen molar-refractivity contribution in [2.75, 3.05) is 11.1 Å². The molecule has 0 fully saturated rings. The minimum absolute atomic E-state index is 0.164. The van der Waals surface area contributed by atoms with Crippen molar-refractivity contribution in [2.45, 2.75) is 18.6 Å². The zero-order chi connectivity index (χ0) is 20.9. The fourth-order valence-corrected chi connectivity index (χ4v) is 3.61. The van der Waals surface area contributed by atoms with Gasteiger partial charge in [-0.05, 0) is 18.6 Å². The van der Waals surface area contributed by atoms with Gasteiger partial charge in [-0.2, -0.15) is 5.10 Å². The molecule has 0 aliphatic rings. The Hall–Kier alpha value is -3.10. The van der Waals surface area contributed by atoms with Crippen LogP contribution >= 0.6 is 23.4 Å². The third-order valence-electron chi connectivity index (χ3n) is 4.38. The maximum absolute atomic E-state index is 12.4. The summed E-state index contributed by atoms with van der Waals surface area (Å²) in [5, 5.41) is 15.4. The first-order chi connectivity index (χ1) is 14.6. The fraction of sp³-hybridized carbons (Fsp3) is 0.143. The summed E-state index contributed by atoms with van der Waals surface area (Å²) >= 11 is 7.49. The molecule has 4 rings (SSSR count). The first-order valence-electron chi connectivity index (χ1n) is 9.26. The van der Waals surface area contributed by atoms with Crippen molar-refractivity contribution < 1.29 is 4.79 Å². The Kier molecular flexibility index (Phi) is 6.15. The Morgan fingerprint density at radius 2 is 1.97 bits per heavy atom. The molecule has 0 unspecified atom stereocenters. The van der Waals surface area contributed by atoms with Crippen LogP contribution < -0.4 is 5.32 Å². The van der Waals surface area contributed by atoms with E-state index in [2.05, 4.69) is 25.6 Å². The molecule has 0 saturated carbocycles. The highest BCUT2D eigenvalue weighted by atomic mass is 35.5. The molecule has 1 amide bonds. The van der Waals surface area contributed by atoms with E-state index in [1.54, 1.807) is 16.9 Å². The lowest BCUT2D eigenvalue weighted by Crippen LogP contribution is -2.18. The smallest absolute Gasteiger partial charge is 0.235 e. The lowest BCUT2D eigenvalue weighted by molar-refractivity contribution is -0.113. The Balaban J connectivity index is 1.34. The molecule has 0 radical (unpaired) electrons. The first-order valence-corrected chi connectivity index (χ1v) is 10.6. The number of halogens is 1. The average Bonchev–Trinajstić information content (AvgIpc) is 3.39. The molecular formula is C21H19ClN6OS. The van der Waals surface area contributed by atoms with Gasteiger partial charge < -0.3 is 5.32 Å². The lowest BCUT2D eigenvalue weighted by atomic mass is 10.1. The summed E-state index contributed by atoms with van der Waals surface area (Å²) in [5.74, 6) is 1.30. The number of carbonyl (C=O) groups excluding carboxylic acids is 1. The van der Waals surface area contributed by atoms with Crippen molar-refractivity contribution in [2.24, 2.45) is 0 Å². The van der Waals surface area contributed by atoms with Gasteiger partial charge >= 0.3 is 0 Å². The quantitative estimate of drug-likeness (QED) is 0.417. The molecule has 2 aromatic heterocycles. The molecule has 0 atom stereocenters. The van der Waals surface area contributed by atoms with Crippen molar-refractivity contribution in [1.82, 2.24) is 25.0 Å². The number of H-pyrrole nitrogens is 1. The number of hydrogen-bond donors (Lipinski definition) is 2. The second-order valence-electron chi connectivity index (χ2n) is 6.63. The maximum atomic E-state index is 12.4. The highest BCUT2D eigenvalue weighted by Crippen LogP contribution is 2.21. The zero-order valence-electron chi connectivity index (χ0n) is 16.2. The Morgan fingerprint density at radius 1 is 1.17 bits per heavy atom. The molecule has 9 heteroatoms. The van der Waals surface area contributed by atoms with Gasteiger partial charge in [-0.3, -0.25) is 9.89 Å². The number of nitrogens with one attached hydrogen (secondary N) is 2. The van der Waals surface area contributed by atoms with Crippen LogP contribution in [0.4, 0.5) is 5.82 Å². The third-order valence-corrected chi connectivity index (χ3v) is 5.60. The minimum atomic E-state index is -0.164. The van der Waals surface area contributed by atoms with Crippen LogP contribution in [0.1, 0.15) is 11.1 Å². The van der Waals surface area contributed by atoms with Gasteiger partial charge in [0.2, 0.25) is 11.1 Å². The van der Waals surface area contributed by atoms with E-state index in [0.29, 0.717) is 28.4 Å². The van der Waals surface area contributed by atoms with Gasteiger partial charge in [0.25, 0.3) is 0 Å². The number of aromatic nitrogens is 5. The van der Waals surface area contributed by atoms with Crippen LogP contribution in [0.25, 0.3) is 11.4 Å². The second kappa shape index (κ2) is 9.15. The van der Waals surface area contributed by atoms with Crippen molar-refractivity contribution >= 4 is 35.1 Å². The number of hydrogen-bond acceptors (Lipinski definition) is 5. The van der Waals surface area contributed by atoms with E-state index in [1.165, 1.54) is 17.3 Å². The molecule has 2 aromatic carbocycles. The third kappa shape index (κ3) is 4.90. The predicted octanol–water partition coefficient (Wildman–Crippen LogP) is 4.41. The summed E-state index contributed by atoms with van der Waals surface area (Å²) in [5.41, 5.74) is 3.06. The predicted molar refractivity (Wildman–Crippen MR) is 119 cm³/mol. The van der Waals surface area contributed by atoms with Crippen LogP contribution in [0.2, 0.25) is 5.02 Å². The molecule has 2 heterocycles. The zero-order valence-corrected chi connectivity index (χ0v) is 17.7. The van der Waals surface area contributed by atoms with Gasteiger partial charge in [-0.25, -0.2) is 9.67 Å². The number of benzene rings is 2. The largest absolute Gasteiger partial charge is 0.310 e. The van der Waals surface area contributed by atoms with Crippen LogP contribution in [0.3, 0.4) is 0 Å². The van der Waals surface area contributed by atoms with Gasteiger partial charge in [-0.1, -0.05) is 71.4 Å². The summed E-state index contributed by atoms with van der Waals surface area (Å²) < 4.78 is 1.70. The van der Waals surface area contributed by atoms with Gasteiger partial charge in [0.05, 0.1) is 18.5 Å². The highest BCUT2D eigenvalue weighted by molar-refractivity contribution is 7.99. The molecule has 30 heavy (non-hydrogen) atoms. The van der Waals surface area contributed by atoms with E-state index in [0.717, 1.165) is 11.1 Å². The molecule has 0 spiro atoms. The molecule has 0 saturated heterocycles. The summed E-state index contributed by atoms with van der Waals surface area (Å²) in [4.78, 5) is 16.9. The van der Waals surface area contributed by atoms with E-state index in [9.17, 15) is 4.79 Å². The van der Waals surface area contributed by atoms with Crippen LogP contribution in [-0.4, -0.2) is 36.6 Å². The summed E-state index contributed by atoms with van der Waals surface area (Å²) in [6, 6.07) is 17.3. The lowest BCUT2D eigenvalue weighted by Gasteiger charge is -2.09. The number of nitrogens with zero attached hydrogens (tertiary/aromatic N) is 4. The van der Waals surface area contributed by atoms with Crippen LogP contribution in [0.5, 0.6) is 0 Å². The molecule has 0 aliphatic carbocycles. The molecule has 4 aromatic rings. The molecule has 2 N–H and O–H groups in total. The molecule has 152 valence electrons. The van der Waals surface area contributed by atoms with Crippen molar-refractivity contribution in [1.29, 1.82) is 0 Å². The number of anilines is 1. The number of aromatic amines is 1. The second-order valence-corrected chi connectivity index (χ2v) is 7.98. The molecule has 0 aliphatic heterocycles.